The molecule has 1 aliphatic heterocycles. The second-order valence-electron chi connectivity index (χ2n) is 5.13. The van der Waals surface area contributed by atoms with Crippen molar-refractivity contribution < 1.29 is 0 Å². The van der Waals surface area contributed by atoms with Crippen molar-refractivity contribution in [2.45, 2.75) is 51.0 Å². The Balaban J connectivity index is 1.96. The molecule has 0 aromatic rings. The van der Waals surface area contributed by atoms with E-state index in [-0.39, 0.29) is 0 Å². The normalized spacial score (nSPS) is 25.1. The van der Waals surface area contributed by atoms with Crippen molar-refractivity contribution in [3.05, 3.63) is 0 Å². The van der Waals surface area contributed by atoms with Gasteiger partial charge in [-0.05, 0) is 19.8 Å². The van der Waals surface area contributed by atoms with Crippen LogP contribution in [0.25, 0.3) is 0 Å². The zero-order chi connectivity index (χ0) is 11.3. The molecule has 1 saturated heterocycles. The lowest BCUT2D eigenvalue weighted by atomic mass is 9.79. The Morgan fingerprint density at radius 2 is 2.06 bits per heavy atom. The third-order valence-corrected chi connectivity index (χ3v) is 4.15. The molecule has 0 amide bonds. The maximum absolute atomic E-state index is 3.59. The van der Waals surface area contributed by atoms with Crippen LogP contribution in [0, 0.1) is 11.8 Å². The van der Waals surface area contributed by atoms with Gasteiger partial charge in [-0.1, -0.05) is 19.3 Å². The van der Waals surface area contributed by atoms with E-state index >= 15 is 0 Å². The first kappa shape index (κ1) is 12.0. The van der Waals surface area contributed by atoms with Crippen LogP contribution in [0.15, 0.2) is 0 Å². The van der Waals surface area contributed by atoms with E-state index in [0.29, 0.717) is 5.54 Å². The summed E-state index contributed by atoms with van der Waals surface area (Å²) in [6.45, 7) is 6.68. The number of piperazine rings is 1. The quantitative estimate of drug-likeness (QED) is 0.716. The van der Waals surface area contributed by atoms with Crippen LogP contribution in [0.5, 0.6) is 0 Å². The van der Waals surface area contributed by atoms with Crippen LogP contribution in [0.1, 0.15) is 45.4 Å². The zero-order valence-corrected chi connectivity index (χ0v) is 10.5. The molecule has 2 rings (SSSR count). The molecule has 90 valence electrons. The van der Waals surface area contributed by atoms with Crippen molar-refractivity contribution in [3.63, 3.8) is 0 Å². The summed E-state index contributed by atoms with van der Waals surface area (Å²) in [6.07, 6.45) is 8.08. The van der Waals surface area contributed by atoms with Crippen molar-refractivity contribution in [2.24, 2.45) is 0 Å². The van der Waals surface area contributed by atoms with E-state index in [9.17, 15) is 0 Å². The molecule has 1 aliphatic carbocycles. The summed E-state index contributed by atoms with van der Waals surface area (Å²) in [7, 11) is 0. The van der Waals surface area contributed by atoms with Crippen molar-refractivity contribution in [3.8, 4) is 11.8 Å². The van der Waals surface area contributed by atoms with Crippen LogP contribution in [-0.2, 0) is 0 Å². The topological polar surface area (TPSA) is 15.3 Å². The van der Waals surface area contributed by atoms with Crippen LogP contribution < -0.4 is 5.32 Å². The molecular formula is C14H24N2. The van der Waals surface area contributed by atoms with Crippen molar-refractivity contribution in [1.29, 1.82) is 0 Å². The molecule has 0 aromatic heterocycles. The molecule has 2 heteroatoms. The monoisotopic (exact) mass is 220 g/mol. The SMILES string of the molecule is CC#CCCN1CCNCC12CCCCC2. The highest BCUT2D eigenvalue weighted by atomic mass is 15.3. The molecule has 1 heterocycles. The van der Waals surface area contributed by atoms with E-state index in [2.05, 4.69) is 22.1 Å². The Bertz CT molecular complexity index is 260. The molecule has 1 saturated carbocycles. The molecular weight excluding hydrogens is 196 g/mol. The summed E-state index contributed by atoms with van der Waals surface area (Å²) in [5, 5.41) is 3.59. The lowest BCUT2D eigenvalue weighted by molar-refractivity contribution is 0.0296. The highest BCUT2D eigenvalue weighted by molar-refractivity contribution is 5.01. The average Bonchev–Trinajstić information content (AvgIpc) is 2.33. The third-order valence-electron chi connectivity index (χ3n) is 4.15. The van der Waals surface area contributed by atoms with E-state index < -0.39 is 0 Å². The molecule has 2 nitrogen and oxygen atoms in total. The fraction of sp³-hybridized carbons (Fsp3) is 0.857. The van der Waals surface area contributed by atoms with Crippen molar-refractivity contribution in [1.82, 2.24) is 10.2 Å². The molecule has 0 radical (unpaired) electrons. The molecule has 2 fully saturated rings. The Morgan fingerprint density at radius 1 is 1.25 bits per heavy atom. The number of hydrogen-bond acceptors (Lipinski definition) is 2. The van der Waals surface area contributed by atoms with E-state index in [1.165, 1.54) is 51.7 Å². The Kier molecular flexibility index (Phi) is 4.26. The first-order chi connectivity index (χ1) is 7.87. The molecule has 1 N–H and O–H groups in total. The first-order valence-electron chi connectivity index (χ1n) is 6.73. The summed E-state index contributed by atoms with van der Waals surface area (Å²) in [6, 6.07) is 0. The highest BCUT2D eigenvalue weighted by Crippen LogP contribution is 2.34. The lowest BCUT2D eigenvalue weighted by Gasteiger charge is -2.49. The Morgan fingerprint density at radius 3 is 2.81 bits per heavy atom. The van der Waals surface area contributed by atoms with Gasteiger partial charge in [-0.15, -0.1) is 11.8 Å². The van der Waals surface area contributed by atoms with Crippen LogP contribution in [0.4, 0.5) is 0 Å². The average molecular weight is 220 g/mol. The predicted molar refractivity (Wildman–Crippen MR) is 68.3 cm³/mol. The number of rotatable bonds is 2. The van der Waals surface area contributed by atoms with Gasteiger partial charge in [-0.2, -0.15) is 0 Å². The first-order valence-corrected chi connectivity index (χ1v) is 6.73. The summed E-state index contributed by atoms with van der Waals surface area (Å²) in [5.74, 6) is 6.21. The smallest absolute Gasteiger partial charge is 0.0334 e. The molecule has 2 aliphatic rings. The largest absolute Gasteiger partial charge is 0.314 e. The lowest BCUT2D eigenvalue weighted by Crippen LogP contribution is -2.62. The summed E-state index contributed by atoms with van der Waals surface area (Å²) < 4.78 is 0. The van der Waals surface area contributed by atoms with Gasteiger partial charge in [-0.25, -0.2) is 0 Å². The van der Waals surface area contributed by atoms with Crippen LogP contribution >= 0.6 is 0 Å². The second-order valence-corrected chi connectivity index (χ2v) is 5.13. The number of hydrogen-bond donors (Lipinski definition) is 1. The van der Waals surface area contributed by atoms with E-state index in [1.54, 1.807) is 0 Å². The van der Waals surface area contributed by atoms with Gasteiger partial charge >= 0.3 is 0 Å². The summed E-state index contributed by atoms with van der Waals surface area (Å²) in [4.78, 5) is 2.72. The van der Waals surface area contributed by atoms with E-state index in [4.69, 9.17) is 0 Å². The molecule has 0 atom stereocenters. The van der Waals surface area contributed by atoms with Gasteiger partial charge in [0, 0.05) is 38.1 Å². The van der Waals surface area contributed by atoms with Gasteiger partial charge in [0.05, 0.1) is 0 Å². The minimum atomic E-state index is 0.478. The third kappa shape index (κ3) is 2.59. The Hall–Kier alpha value is -0.520. The van der Waals surface area contributed by atoms with Crippen LogP contribution in [0.3, 0.4) is 0 Å². The van der Waals surface area contributed by atoms with Gasteiger partial charge in [0.25, 0.3) is 0 Å². The second kappa shape index (κ2) is 5.70. The van der Waals surface area contributed by atoms with Gasteiger partial charge < -0.3 is 5.32 Å². The highest BCUT2D eigenvalue weighted by Gasteiger charge is 2.38. The van der Waals surface area contributed by atoms with Gasteiger partial charge in [-0.3, -0.25) is 4.90 Å². The minimum Gasteiger partial charge on any atom is -0.314 e. The van der Waals surface area contributed by atoms with Gasteiger partial charge in [0.2, 0.25) is 0 Å². The molecule has 16 heavy (non-hydrogen) atoms. The van der Waals surface area contributed by atoms with Crippen LogP contribution in [0.2, 0.25) is 0 Å². The molecule has 1 spiro atoms. The maximum atomic E-state index is 3.59. The molecule has 0 aromatic carbocycles. The van der Waals surface area contributed by atoms with Crippen molar-refractivity contribution in [2.75, 3.05) is 26.2 Å². The number of nitrogens with zero attached hydrogens (tertiary/aromatic N) is 1. The van der Waals surface area contributed by atoms with Gasteiger partial charge in [0.1, 0.15) is 0 Å². The van der Waals surface area contributed by atoms with Gasteiger partial charge in [0.15, 0.2) is 0 Å². The minimum absolute atomic E-state index is 0.478. The number of nitrogens with one attached hydrogen (secondary N) is 1. The summed E-state index contributed by atoms with van der Waals surface area (Å²) >= 11 is 0. The molecule has 0 unspecified atom stereocenters. The van der Waals surface area contributed by atoms with Crippen molar-refractivity contribution >= 4 is 0 Å². The molecule has 0 bridgehead atoms. The van der Waals surface area contributed by atoms with E-state index in [1.807, 2.05) is 6.92 Å². The van der Waals surface area contributed by atoms with E-state index in [0.717, 1.165) is 13.0 Å². The van der Waals surface area contributed by atoms with Crippen LogP contribution in [-0.4, -0.2) is 36.6 Å². The fourth-order valence-corrected chi connectivity index (χ4v) is 3.25. The predicted octanol–water partition coefficient (Wildman–Crippen LogP) is 2.01. The Labute approximate surface area is 99.8 Å². The maximum Gasteiger partial charge on any atom is 0.0334 e. The zero-order valence-electron chi connectivity index (χ0n) is 10.5. The summed E-state index contributed by atoms with van der Waals surface area (Å²) in [5.41, 5.74) is 0.478. The standard InChI is InChI=1S/C14H24N2/c1-2-3-7-11-16-12-10-15-13-14(16)8-5-4-6-9-14/h15H,4-13H2,1H3. The fourth-order valence-electron chi connectivity index (χ4n) is 3.25.